The van der Waals surface area contributed by atoms with Crippen LogP contribution in [-0.4, -0.2) is 22.1 Å². The maximum Gasteiger partial charge on any atom is 0.240 e. The van der Waals surface area contributed by atoms with E-state index in [1.54, 1.807) is 6.92 Å². The number of nitrogens with two attached hydrogens (primary N) is 1. The van der Waals surface area contributed by atoms with E-state index in [0.717, 1.165) is 0 Å². The number of aromatic nitrogens is 2. The monoisotopic (exact) mass is 198 g/mol. The van der Waals surface area contributed by atoms with Crippen molar-refractivity contribution in [2.75, 3.05) is 0 Å². The third kappa shape index (κ3) is 2.81. The van der Waals surface area contributed by atoms with Crippen LogP contribution in [0.1, 0.15) is 25.1 Å². The van der Waals surface area contributed by atoms with Crippen molar-refractivity contribution in [1.29, 1.82) is 0 Å². The lowest BCUT2D eigenvalue weighted by atomic mass is 10.2. The van der Waals surface area contributed by atoms with E-state index >= 15 is 0 Å². The molecule has 6 nitrogen and oxygen atoms in total. The van der Waals surface area contributed by atoms with Crippen LogP contribution in [0.2, 0.25) is 0 Å². The highest BCUT2D eigenvalue weighted by atomic mass is 16.5. The number of carbonyl (C=O) groups is 1. The Kier molecular flexibility index (Phi) is 3.58. The average Bonchev–Trinajstić information content (AvgIpc) is 2.52. The van der Waals surface area contributed by atoms with Crippen LogP contribution >= 0.6 is 0 Å². The lowest BCUT2D eigenvalue weighted by Gasteiger charge is -2.10. The van der Waals surface area contributed by atoms with Gasteiger partial charge in [-0.1, -0.05) is 12.1 Å². The molecule has 1 aromatic heterocycles. The molecule has 1 atom stereocenters. The summed E-state index contributed by atoms with van der Waals surface area (Å²) < 4.78 is 4.86. The third-order valence-electron chi connectivity index (χ3n) is 1.82. The first-order chi connectivity index (χ1) is 6.63. The fourth-order valence-electron chi connectivity index (χ4n) is 1.07. The lowest BCUT2D eigenvalue weighted by molar-refractivity contribution is -0.120. The Morgan fingerprint density at radius 3 is 2.86 bits per heavy atom. The molecule has 0 spiro atoms. The van der Waals surface area contributed by atoms with Crippen molar-refractivity contribution in [1.82, 2.24) is 15.5 Å². The van der Waals surface area contributed by atoms with Crippen molar-refractivity contribution >= 4 is 5.91 Å². The molecule has 0 aliphatic carbocycles. The van der Waals surface area contributed by atoms with Gasteiger partial charge in [0.2, 0.25) is 11.8 Å². The van der Waals surface area contributed by atoms with E-state index in [4.69, 9.17) is 10.3 Å². The minimum Gasteiger partial charge on any atom is -0.368 e. The molecule has 1 unspecified atom stereocenters. The molecule has 0 radical (unpaired) electrons. The quantitative estimate of drug-likeness (QED) is 0.679. The molecule has 1 aromatic rings. The summed E-state index contributed by atoms with van der Waals surface area (Å²) in [4.78, 5) is 14.8. The molecular formula is C8H14N4O2. The smallest absolute Gasteiger partial charge is 0.240 e. The third-order valence-corrected chi connectivity index (χ3v) is 1.82. The number of rotatable bonds is 5. The van der Waals surface area contributed by atoms with Crippen LogP contribution in [-0.2, 0) is 11.3 Å². The first-order valence-electron chi connectivity index (χ1n) is 4.45. The predicted molar refractivity (Wildman–Crippen MR) is 49.1 cm³/mol. The van der Waals surface area contributed by atoms with Gasteiger partial charge >= 0.3 is 0 Å². The molecule has 1 rings (SSSR count). The van der Waals surface area contributed by atoms with E-state index in [1.165, 1.54) is 0 Å². The number of carbonyl (C=O) groups excluding carboxylic acids is 1. The second-order valence-corrected chi connectivity index (χ2v) is 2.98. The van der Waals surface area contributed by atoms with Crippen LogP contribution in [0.3, 0.4) is 0 Å². The Hall–Kier alpha value is -1.43. The van der Waals surface area contributed by atoms with Crippen LogP contribution in [0.25, 0.3) is 0 Å². The molecule has 0 aromatic carbocycles. The normalized spacial score (nSPS) is 12.7. The Morgan fingerprint density at radius 2 is 2.43 bits per heavy atom. The fraction of sp³-hybridized carbons (Fsp3) is 0.625. The van der Waals surface area contributed by atoms with Gasteiger partial charge in [0.1, 0.15) is 0 Å². The van der Waals surface area contributed by atoms with Crippen LogP contribution < -0.4 is 11.1 Å². The van der Waals surface area contributed by atoms with E-state index in [9.17, 15) is 4.79 Å². The van der Waals surface area contributed by atoms with E-state index in [0.29, 0.717) is 24.7 Å². The molecule has 6 heteroatoms. The number of primary amides is 1. The highest BCUT2D eigenvalue weighted by Crippen LogP contribution is 1.97. The van der Waals surface area contributed by atoms with Crippen molar-refractivity contribution in [3.63, 3.8) is 0 Å². The van der Waals surface area contributed by atoms with E-state index < -0.39 is 0 Å². The van der Waals surface area contributed by atoms with Crippen molar-refractivity contribution in [3.8, 4) is 0 Å². The van der Waals surface area contributed by atoms with Crippen molar-refractivity contribution < 1.29 is 9.32 Å². The van der Waals surface area contributed by atoms with Crippen molar-refractivity contribution in [2.24, 2.45) is 5.73 Å². The zero-order valence-electron chi connectivity index (χ0n) is 8.28. The molecule has 0 aliphatic heterocycles. The fourth-order valence-corrected chi connectivity index (χ4v) is 1.07. The highest BCUT2D eigenvalue weighted by molar-refractivity contribution is 5.79. The van der Waals surface area contributed by atoms with E-state index in [-0.39, 0.29) is 11.9 Å². The van der Waals surface area contributed by atoms with Crippen molar-refractivity contribution in [3.05, 3.63) is 11.7 Å². The van der Waals surface area contributed by atoms with E-state index in [2.05, 4.69) is 15.5 Å². The lowest BCUT2D eigenvalue weighted by Crippen LogP contribution is -2.40. The summed E-state index contributed by atoms with van der Waals surface area (Å²) in [5.41, 5.74) is 5.15. The summed E-state index contributed by atoms with van der Waals surface area (Å²) in [5, 5.41) is 6.55. The second-order valence-electron chi connectivity index (χ2n) is 2.98. The molecular weight excluding hydrogens is 184 g/mol. The summed E-state index contributed by atoms with van der Waals surface area (Å²) in [6.45, 7) is 3.97. The van der Waals surface area contributed by atoms with Crippen LogP contribution in [0.4, 0.5) is 0 Å². The highest BCUT2D eigenvalue weighted by Gasteiger charge is 2.13. The summed E-state index contributed by atoms with van der Waals surface area (Å²) in [7, 11) is 0. The maximum absolute atomic E-state index is 10.9. The van der Waals surface area contributed by atoms with Gasteiger partial charge in [0.25, 0.3) is 0 Å². The van der Waals surface area contributed by atoms with Gasteiger partial charge in [-0.15, -0.1) is 0 Å². The molecule has 0 saturated heterocycles. The van der Waals surface area contributed by atoms with Gasteiger partial charge in [0.05, 0.1) is 12.6 Å². The maximum atomic E-state index is 10.9. The molecule has 0 fully saturated rings. The zero-order valence-corrected chi connectivity index (χ0v) is 8.28. The molecule has 0 aliphatic rings. The van der Waals surface area contributed by atoms with Gasteiger partial charge in [-0.05, 0) is 13.3 Å². The summed E-state index contributed by atoms with van der Waals surface area (Å²) in [6.07, 6.45) is 0.641. The minimum atomic E-state index is -0.372. The largest absolute Gasteiger partial charge is 0.368 e. The van der Waals surface area contributed by atoms with Gasteiger partial charge in [-0.25, -0.2) is 0 Å². The van der Waals surface area contributed by atoms with Crippen LogP contribution in [0.15, 0.2) is 4.52 Å². The first kappa shape index (κ1) is 10.6. The first-order valence-corrected chi connectivity index (χ1v) is 4.45. The van der Waals surface area contributed by atoms with Crippen LogP contribution in [0.5, 0.6) is 0 Å². The molecule has 0 saturated carbocycles. The average molecular weight is 198 g/mol. The summed E-state index contributed by atoms with van der Waals surface area (Å²) in [6, 6.07) is -0.345. The topological polar surface area (TPSA) is 94.0 Å². The van der Waals surface area contributed by atoms with Gasteiger partial charge in [-0.2, -0.15) is 4.98 Å². The van der Waals surface area contributed by atoms with Gasteiger partial charge in [-0.3, -0.25) is 10.1 Å². The Bertz CT molecular complexity index is 310. The number of hydrogen-bond donors (Lipinski definition) is 2. The summed E-state index contributed by atoms with van der Waals surface area (Å²) in [5.74, 6) is 0.667. The SMILES string of the molecule is CCC(NCc1nc(C)no1)C(N)=O. The van der Waals surface area contributed by atoms with Gasteiger partial charge in [0, 0.05) is 0 Å². The molecule has 3 N–H and O–H groups in total. The molecule has 1 heterocycles. The zero-order chi connectivity index (χ0) is 10.6. The minimum absolute atomic E-state index is 0.345. The number of hydrogen-bond acceptors (Lipinski definition) is 5. The number of nitrogens with one attached hydrogen (secondary N) is 1. The summed E-state index contributed by atoms with van der Waals surface area (Å²) >= 11 is 0. The van der Waals surface area contributed by atoms with E-state index in [1.807, 2.05) is 6.92 Å². The molecule has 14 heavy (non-hydrogen) atoms. The molecule has 1 amide bonds. The Morgan fingerprint density at radius 1 is 1.71 bits per heavy atom. The van der Waals surface area contributed by atoms with Gasteiger partial charge in [0.15, 0.2) is 5.82 Å². The molecule has 78 valence electrons. The number of aryl methyl sites for hydroxylation is 1. The number of nitrogens with zero attached hydrogens (tertiary/aromatic N) is 2. The standard InChI is InChI=1S/C8H14N4O2/c1-3-6(8(9)13)10-4-7-11-5(2)12-14-7/h6,10H,3-4H2,1-2H3,(H2,9,13). The predicted octanol–water partition coefficient (Wildman–Crippen LogP) is -0.268. The van der Waals surface area contributed by atoms with Gasteiger partial charge < -0.3 is 10.3 Å². The number of amides is 1. The second kappa shape index (κ2) is 4.71. The Balaban J connectivity index is 2.43. The van der Waals surface area contributed by atoms with Crippen molar-refractivity contribution in [2.45, 2.75) is 32.9 Å². The Labute approximate surface area is 81.9 Å². The molecule has 0 bridgehead atoms. The van der Waals surface area contributed by atoms with Crippen LogP contribution in [0, 0.1) is 6.92 Å².